The molecule has 4 rings (SSSR count). The van der Waals surface area contributed by atoms with Gasteiger partial charge in [-0.3, -0.25) is 4.79 Å². The van der Waals surface area contributed by atoms with Gasteiger partial charge in [-0.05, 0) is 61.4 Å². The van der Waals surface area contributed by atoms with Crippen LogP contribution in [0.15, 0.2) is 53.4 Å². The van der Waals surface area contributed by atoms with Crippen molar-refractivity contribution in [1.29, 1.82) is 0 Å². The average molecular weight is 446 g/mol. The molecule has 1 aliphatic heterocycles. The van der Waals surface area contributed by atoms with Gasteiger partial charge in [-0.2, -0.15) is 4.31 Å². The highest BCUT2D eigenvalue weighted by atomic mass is 32.2. The Morgan fingerprint density at radius 3 is 2.10 bits per heavy atom. The van der Waals surface area contributed by atoms with E-state index in [0.29, 0.717) is 29.9 Å². The van der Waals surface area contributed by atoms with E-state index in [1.807, 2.05) is 0 Å². The molecule has 0 aliphatic carbocycles. The Kier molecular flexibility index (Phi) is 5.59. The minimum atomic E-state index is -3.72. The van der Waals surface area contributed by atoms with Crippen LogP contribution in [0.2, 0.25) is 0 Å². The quantitative estimate of drug-likeness (QED) is 0.628. The van der Waals surface area contributed by atoms with Gasteiger partial charge in [-0.1, -0.05) is 0 Å². The van der Waals surface area contributed by atoms with E-state index in [0.717, 1.165) is 12.1 Å². The number of H-pyrrole nitrogens is 1. The number of aromatic nitrogens is 2. The Labute approximate surface area is 178 Å². The first-order chi connectivity index (χ1) is 14.8. The van der Waals surface area contributed by atoms with Crippen LogP contribution in [-0.4, -0.2) is 41.7 Å². The molecule has 3 N–H and O–H groups in total. The zero-order valence-electron chi connectivity index (χ0n) is 16.4. The lowest BCUT2D eigenvalue weighted by Gasteiger charge is -2.30. The first kappa shape index (κ1) is 21.1. The van der Waals surface area contributed by atoms with Gasteiger partial charge in [0.2, 0.25) is 10.0 Å². The number of carbonyl (C=O) groups excluding carboxylic acids is 1. The van der Waals surface area contributed by atoms with E-state index in [-0.39, 0.29) is 29.6 Å². The van der Waals surface area contributed by atoms with Gasteiger partial charge in [0.15, 0.2) is 0 Å². The summed E-state index contributed by atoms with van der Waals surface area (Å²) in [6.45, 7) is 0.506. The summed E-state index contributed by atoms with van der Waals surface area (Å²) in [4.78, 5) is 19.4. The lowest BCUT2D eigenvalue weighted by Crippen LogP contribution is -2.38. The minimum absolute atomic E-state index is 0.0416. The fourth-order valence-corrected chi connectivity index (χ4v) is 5.17. The summed E-state index contributed by atoms with van der Waals surface area (Å²) in [5.74, 6) is -1.17. The fourth-order valence-electron chi connectivity index (χ4n) is 3.71. The van der Waals surface area contributed by atoms with Crippen LogP contribution in [0, 0.1) is 11.6 Å². The molecule has 1 fully saturated rings. The van der Waals surface area contributed by atoms with Gasteiger partial charge in [0.25, 0.3) is 5.91 Å². The number of nitrogens with one attached hydrogen (secondary N) is 1. The Morgan fingerprint density at radius 1 is 1.00 bits per heavy atom. The monoisotopic (exact) mass is 446 g/mol. The number of benzene rings is 2. The first-order valence-corrected chi connectivity index (χ1v) is 11.1. The van der Waals surface area contributed by atoms with Gasteiger partial charge in [0, 0.05) is 24.6 Å². The number of nitrogens with two attached hydrogens (primary N) is 1. The minimum Gasteiger partial charge on any atom is -0.364 e. The van der Waals surface area contributed by atoms with Crippen LogP contribution >= 0.6 is 0 Å². The van der Waals surface area contributed by atoms with Gasteiger partial charge in [0.05, 0.1) is 4.90 Å². The number of carbonyl (C=O) groups is 1. The van der Waals surface area contributed by atoms with E-state index in [4.69, 9.17) is 5.73 Å². The summed E-state index contributed by atoms with van der Waals surface area (Å²) in [6.07, 6.45) is 0.962. The third-order valence-electron chi connectivity index (χ3n) is 5.38. The predicted octanol–water partition coefficient (Wildman–Crippen LogP) is 3.02. The summed E-state index contributed by atoms with van der Waals surface area (Å²) in [5, 5.41) is 0. The molecule has 0 bridgehead atoms. The molecule has 31 heavy (non-hydrogen) atoms. The number of rotatable bonds is 5. The Hall–Kier alpha value is -3.11. The molecule has 0 atom stereocenters. The largest absolute Gasteiger partial charge is 0.364 e. The summed E-state index contributed by atoms with van der Waals surface area (Å²) in [6, 6.07) is 10.3. The zero-order valence-corrected chi connectivity index (χ0v) is 17.2. The number of amides is 1. The van der Waals surface area contributed by atoms with Crippen LogP contribution in [0.4, 0.5) is 8.78 Å². The second-order valence-corrected chi connectivity index (χ2v) is 9.29. The number of sulfonamides is 1. The first-order valence-electron chi connectivity index (χ1n) is 9.67. The van der Waals surface area contributed by atoms with Gasteiger partial charge in [-0.25, -0.2) is 22.2 Å². The van der Waals surface area contributed by atoms with Gasteiger partial charge in [-0.15, -0.1) is 0 Å². The second-order valence-electron chi connectivity index (χ2n) is 7.35. The number of piperidine rings is 1. The molecular formula is C21H20F2N4O3S. The number of hydrogen-bond donors (Lipinski definition) is 2. The average Bonchev–Trinajstić information content (AvgIpc) is 3.20. The van der Waals surface area contributed by atoms with Crippen molar-refractivity contribution in [3.63, 3.8) is 0 Å². The fraction of sp³-hybridized carbons (Fsp3) is 0.238. The number of imidazole rings is 1. The molecule has 7 nitrogen and oxygen atoms in total. The maximum atomic E-state index is 13.2. The Balaban J connectivity index is 1.54. The highest BCUT2D eigenvalue weighted by Gasteiger charge is 2.32. The van der Waals surface area contributed by atoms with Crippen LogP contribution in [0.5, 0.6) is 0 Å². The molecule has 1 amide bonds. The van der Waals surface area contributed by atoms with E-state index in [1.54, 1.807) is 0 Å². The lowest BCUT2D eigenvalue weighted by molar-refractivity contribution is 0.0996. The van der Waals surface area contributed by atoms with Crippen molar-refractivity contribution >= 4 is 15.9 Å². The van der Waals surface area contributed by atoms with E-state index in [1.165, 1.54) is 40.7 Å². The SMILES string of the molecule is NC(=O)c1[nH]c(C2CCN(S(=O)(=O)c3ccc(F)cc3)CC2)nc1-c1ccc(F)cc1. The summed E-state index contributed by atoms with van der Waals surface area (Å²) < 4.78 is 53.3. The van der Waals surface area contributed by atoms with Crippen molar-refractivity contribution in [2.24, 2.45) is 5.73 Å². The maximum Gasteiger partial charge on any atom is 0.267 e. The number of aromatic amines is 1. The molecule has 2 aromatic carbocycles. The maximum absolute atomic E-state index is 13.2. The Morgan fingerprint density at radius 2 is 1.55 bits per heavy atom. The molecule has 0 radical (unpaired) electrons. The van der Waals surface area contributed by atoms with Gasteiger partial charge >= 0.3 is 0 Å². The summed E-state index contributed by atoms with van der Waals surface area (Å²) in [5.41, 5.74) is 6.50. The highest BCUT2D eigenvalue weighted by molar-refractivity contribution is 7.89. The van der Waals surface area contributed by atoms with E-state index in [2.05, 4.69) is 9.97 Å². The molecule has 2 heterocycles. The normalized spacial score (nSPS) is 15.8. The number of hydrogen-bond acceptors (Lipinski definition) is 4. The van der Waals surface area contributed by atoms with E-state index < -0.39 is 27.6 Å². The van der Waals surface area contributed by atoms with Crippen molar-refractivity contribution in [3.05, 3.63) is 71.7 Å². The number of primary amides is 1. The van der Waals surface area contributed by atoms with Crippen LogP contribution in [0.1, 0.15) is 35.1 Å². The number of nitrogens with zero attached hydrogens (tertiary/aromatic N) is 2. The van der Waals surface area contributed by atoms with E-state index in [9.17, 15) is 22.0 Å². The molecule has 0 unspecified atom stereocenters. The standard InChI is InChI=1S/C21H20F2N4O3S/c22-15-3-1-13(2-4-15)18-19(20(24)28)26-21(25-18)14-9-11-27(12-10-14)31(29,30)17-7-5-16(23)6-8-17/h1-8,14H,9-12H2,(H2,24,28)(H,25,26). The highest BCUT2D eigenvalue weighted by Crippen LogP contribution is 2.32. The zero-order chi connectivity index (χ0) is 22.2. The summed E-state index contributed by atoms with van der Waals surface area (Å²) >= 11 is 0. The van der Waals surface area contributed by atoms with Crippen molar-refractivity contribution in [2.45, 2.75) is 23.7 Å². The van der Waals surface area contributed by atoms with Crippen molar-refractivity contribution in [2.75, 3.05) is 13.1 Å². The third kappa shape index (κ3) is 4.21. The summed E-state index contributed by atoms with van der Waals surface area (Å²) in [7, 11) is -3.72. The van der Waals surface area contributed by atoms with E-state index >= 15 is 0 Å². The topological polar surface area (TPSA) is 109 Å². The molecule has 1 saturated heterocycles. The van der Waals surface area contributed by atoms with Crippen molar-refractivity contribution in [1.82, 2.24) is 14.3 Å². The molecule has 162 valence electrons. The molecule has 10 heteroatoms. The molecule has 0 spiro atoms. The smallest absolute Gasteiger partial charge is 0.267 e. The lowest BCUT2D eigenvalue weighted by atomic mass is 9.97. The predicted molar refractivity (Wildman–Crippen MR) is 110 cm³/mol. The second kappa shape index (κ2) is 8.20. The Bertz CT molecular complexity index is 1200. The van der Waals surface area contributed by atoms with Crippen molar-refractivity contribution < 1.29 is 22.0 Å². The van der Waals surface area contributed by atoms with Crippen LogP contribution < -0.4 is 5.73 Å². The van der Waals surface area contributed by atoms with Gasteiger partial charge < -0.3 is 10.7 Å². The van der Waals surface area contributed by atoms with Crippen LogP contribution in [-0.2, 0) is 10.0 Å². The number of halogens is 2. The van der Waals surface area contributed by atoms with Crippen LogP contribution in [0.25, 0.3) is 11.3 Å². The van der Waals surface area contributed by atoms with Gasteiger partial charge in [0.1, 0.15) is 28.8 Å². The molecule has 3 aromatic rings. The molecule has 1 aromatic heterocycles. The molecular weight excluding hydrogens is 426 g/mol. The molecule has 0 saturated carbocycles. The van der Waals surface area contributed by atoms with Crippen LogP contribution in [0.3, 0.4) is 0 Å². The van der Waals surface area contributed by atoms with Crippen molar-refractivity contribution in [3.8, 4) is 11.3 Å². The molecule has 1 aliphatic rings. The third-order valence-corrected chi connectivity index (χ3v) is 7.29.